The molecular formula is C13H17ClO2. The molecule has 1 aliphatic rings. The summed E-state index contributed by atoms with van der Waals surface area (Å²) in [4.78, 5) is 0. The molecule has 0 heterocycles. The fourth-order valence-corrected chi connectivity index (χ4v) is 2.68. The van der Waals surface area contributed by atoms with Crippen molar-refractivity contribution in [3.63, 3.8) is 0 Å². The Morgan fingerprint density at radius 3 is 2.44 bits per heavy atom. The molecule has 1 fully saturated rings. The van der Waals surface area contributed by atoms with Gasteiger partial charge in [0.25, 0.3) is 0 Å². The number of benzene rings is 1. The fourth-order valence-electron chi connectivity index (χ4n) is 2.34. The Balaban J connectivity index is 2.22. The monoisotopic (exact) mass is 240 g/mol. The maximum Gasteiger partial charge on any atom is 0.160 e. The molecule has 2 atom stereocenters. The highest BCUT2D eigenvalue weighted by Gasteiger charge is 2.24. The van der Waals surface area contributed by atoms with Crippen molar-refractivity contribution in [3.8, 4) is 11.5 Å². The second kappa shape index (κ2) is 4.96. The number of halogens is 1. The molecule has 1 aromatic carbocycles. The van der Waals surface area contributed by atoms with E-state index in [1.165, 1.54) is 12.0 Å². The van der Waals surface area contributed by atoms with Crippen molar-refractivity contribution in [2.24, 2.45) is 0 Å². The average molecular weight is 241 g/mol. The molecule has 2 rings (SSSR count). The molecule has 2 unspecified atom stereocenters. The molecule has 0 radical (unpaired) electrons. The van der Waals surface area contributed by atoms with Crippen LogP contribution in [0.25, 0.3) is 0 Å². The summed E-state index contributed by atoms with van der Waals surface area (Å²) >= 11 is 6.13. The minimum absolute atomic E-state index is 0.332. The van der Waals surface area contributed by atoms with Gasteiger partial charge in [-0.1, -0.05) is 6.07 Å². The van der Waals surface area contributed by atoms with Crippen molar-refractivity contribution in [1.29, 1.82) is 0 Å². The van der Waals surface area contributed by atoms with Gasteiger partial charge < -0.3 is 9.47 Å². The third-order valence-electron chi connectivity index (χ3n) is 3.25. The minimum atomic E-state index is 0.332. The van der Waals surface area contributed by atoms with Crippen molar-refractivity contribution in [2.45, 2.75) is 30.6 Å². The smallest absolute Gasteiger partial charge is 0.160 e. The number of ether oxygens (including phenoxy) is 2. The van der Waals surface area contributed by atoms with E-state index in [2.05, 4.69) is 12.1 Å². The highest BCUT2D eigenvalue weighted by atomic mass is 35.5. The molecule has 88 valence electrons. The van der Waals surface area contributed by atoms with Crippen LogP contribution in [-0.4, -0.2) is 19.6 Å². The van der Waals surface area contributed by atoms with E-state index in [-0.39, 0.29) is 0 Å². The van der Waals surface area contributed by atoms with Gasteiger partial charge in [-0.05, 0) is 42.9 Å². The van der Waals surface area contributed by atoms with Crippen LogP contribution in [0, 0.1) is 0 Å². The molecule has 3 heteroatoms. The van der Waals surface area contributed by atoms with Gasteiger partial charge in [-0.15, -0.1) is 11.6 Å². The van der Waals surface area contributed by atoms with Gasteiger partial charge in [0.1, 0.15) is 0 Å². The summed E-state index contributed by atoms with van der Waals surface area (Å²) in [5.41, 5.74) is 1.31. The first kappa shape index (κ1) is 11.6. The molecule has 0 aliphatic heterocycles. The van der Waals surface area contributed by atoms with E-state index in [4.69, 9.17) is 21.1 Å². The van der Waals surface area contributed by atoms with Crippen LogP contribution in [0.15, 0.2) is 18.2 Å². The van der Waals surface area contributed by atoms with Crippen LogP contribution >= 0.6 is 11.6 Å². The second-order valence-corrected chi connectivity index (χ2v) is 4.84. The number of rotatable bonds is 3. The van der Waals surface area contributed by atoms with E-state index in [1.54, 1.807) is 14.2 Å². The molecule has 16 heavy (non-hydrogen) atoms. The molecule has 1 aromatic rings. The van der Waals surface area contributed by atoms with Gasteiger partial charge in [0, 0.05) is 5.38 Å². The lowest BCUT2D eigenvalue weighted by Gasteiger charge is -2.13. The number of alkyl halides is 1. The zero-order chi connectivity index (χ0) is 11.5. The Kier molecular flexibility index (Phi) is 3.59. The van der Waals surface area contributed by atoms with Crippen molar-refractivity contribution >= 4 is 11.6 Å². The van der Waals surface area contributed by atoms with Crippen molar-refractivity contribution in [1.82, 2.24) is 0 Å². The van der Waals surface area contributed by atoms with Crippen molar-refractivity contribution < 1.29 is 9.47 Å². The standard InChI is InChI=1S/C13H17ClO2/c1-15-12-6-4-10(8-13(12)16-2)9-3-5-11(14)7-9/h4,6,8-9,11H,3,5,7H2,1-2H3. The fraction of sp³-hybridized carbons (Fsp3) is 0.538. The third-order valence-corrected chi connectivity index (χ3v) is 3.64. The third kappa shape index (κ3) is 2.27. The second-order valence-electron chi connectivity index (χ2n) is 4.22. The van der Waals surface area contributed by atoms with E-state index >= 15 is 0 Å². The molecule has 0 N–H and O–H groups in total. The Morgan fingerprint density at radius 2 is 1.88 bits per heavy atom. The normalized spacial score (nSPS) is 24.4. The number of hydrogen-bond acceptors (Lipinski definition) is 2. The highest BCUT2D eigenvalue weighted by Crippen LogP contribution is 2.39. The van der Waals surface area contributed by atoms with Gasteiger partial charge in [0.2, 0.25) is 0 Å². The van der Waals surface area contributed by atoms with Crippen LogP contribution in [-0.2, 0) is 0 Å². The molecule has 1 aliphatic carbocycles. The quantitative estimate of drug-likeness (QED) is 0.752. The number of hydrogen-bond donors (Lipinski definition) is 0. The maximum absolute atomic E-state index is 6.13. The Labute approximate surface area is 102 Å². The van der Waals surface area contributed by atoms with Crippen LogP contribution in [0.5, 0.6) is 11.5 Å². The van der Waals surface area contributed by atoms with Crippen LogP contribution in [0.3, 0.4) is 0 Å². The summed E-state index contributed by atoms with van der Waals surface area (Å²) in [5.74, 6) is 2.16. The molecular weight excluding hydrogens is 224 g/mol. The number of methoxy groups -OCH3 is 2. The van der Waals surface area contributed by atoms with Gasteiger partial charge in [-0.2, -0.15) is 0 Å². The molecule has 0 bridgehead atoms. The first-order valence-corrected chi connectivity index (χ1v) is 6.04. The van der Waals surface area contributed by atoms with Gasteiger partial charge in [0.15, 0.2) is 11.5 Å². The Hall–Kier alpha value is -0.890. The van der Waals surface area contributed by atoms with E-state index in [1.807, 2.05) is 6.07 Å². The van der Waals surface area contributed by atoms with Crippen LogP contribution in [0.2, 0.25) is 0 Å². The highest BCUT2D eigenvalue weighted by molar-refractivity contribution is 6.20. The van der Waals surface area contributed by atoms with Crippen molar-refractivity contribution in [3.05, 3.63) is 23.8 Å². The lowest BCUT2D eigenvalue weighted by molar-refractivity contribution is 0.354. The zero-order valence-electron chi connectivity index (χ0n) is 9.70. The zero-order valence-corrected chi connectivity index (χ0v) is 10.5. The molecule has 2 nitrogen and oxygen atoms in total. The molecule has 0 spiro atoms. The van der Waals surface area contributed by atoms with Crippen LogP contribution in [0.1, 0.15) is 30.7 Å². The van der Waals surface area contributed by atoms with E-state index in [0.717, 1.165) is 24.3 Å². The van der Waals surface area contributed by atoms with Crippen LogP contribution < -0.4 is 9.47 Å². The molecule has 1 saturated carbocycles. The first-order valence-electron chi connectivity index (χ1n) is 5.60. The average Bonchev–Trinajstić information content (AvgIpc) is 2.75. The largest absolute Gasteiger partial charge is 0.493 e. The lowest BCUT2D eigenvalue weighted by Crippen LogP contribution is -1.97. The summed E-state index contributed by atoms with van der Waals surface area (Å²) in [6.07, 6.45) is 3.35. The van der Waals surface area contributed by atoms with Crippen LogP contribution in [0.4, 0.5) is 0 Å². The summed E-state index contributed by atoms with van der Waals surface area (Å²) in [7, 11) is 3.32. The molecule has 0 saturated heterocycles. The summed E-state index contributed by atoms with van der Waals surface area (Å²) in [6.45, 7) is 0. The lowest BCUT2D eigenvalue weighted by atomic mass is 9.97. The Bertz CT molecular complexity index is 365. The summed E-state index contributed by atoms with van der Waals surface area (Å²) < 4.78 is 10.5. The predicted octanol–water partition coefficient (Wildman–Crippen LogP) is 3.58. The van der Waals surface area contributed by atoms with Crippen molar-refractivity contribution in [2.75, 3.05) is 14.2 Å². The van der Waals surface area contributed by atoms with E-state index in [9.17, 15) is 0 Å². The van der Waals surface area contributed by atoms with Gasteiger partial charge in [-0.25, -0.2) is 0 Å². The van der Waals surface area contributed by atoms with E-state index in [0.29, 0.717) is 11.3 Å². The van der Waals surface area contributed by atoms with Gasteiger partial charge in [0.05, 0.1) is 14.2 Å². The molecule has 0 amide bonds. The Morgan fingerprint density at radius 1 is 1.12 bits per heavy atom. The predicted molar refractivity (Wildman–Crippen MR) is 65.8 cm³/mol. The maximum atomic E-state index is 6.13. The summed E-state index contributed by atoms with van der Waals surface area (Å²) in [6, 6.07) is 6.15. The van der Waals surface area contributed by atoms with E-state index < -0.39 is 0 Å². The SMILES string of the molecule is COc1ccc(C2CCC(Cl)C2)cc1OC. The topological polar surface area (TPSA) is 18.5 Å². The minimum Gasteiger partial charge on any atom is -0.493 e. The van der Waals surface area contributed by atoms with Gasteiger partial charge >= 0.3 is 0 Å². The van der Waals surface area contributed by atoms with Gasteiger partial charge in [-0.3, -0.25) is 0 Å². The summed E-state index contributed by atoms with van der Waals surface area (Å²) in [5, 5.41) is 0.332. The first-order chi connectivity index (χ1) is 7.74. The molecule has 0 aromatic heterocycles.